The molecular weight excluding hydrogens is 222 g/mol. The Hall–Kier alpha value is -1.42. The van der Waals surface area contributed by atoms with E-state index in [1.165, 1.54) is 17.5 Å². The fraction of sp³-hybridized carbons (Fsp3) is 0.250. The minimum Gasteiger partial charge on any atom is -0.477 e. The molecule has 0 bridgehead atoms. The second kappa shape index (κ2) is 6.23. The van der Waals surface area contributed by atoms with Crippen molar-refractivity contribution in [1.29, 1.82) is 0 Å². The maximum atomic E-state index is 10.8. The van der Waals surface area contributed by atoms with Crippen LogP contribution < -0.4 is 4.72 Å². The summed E-state index contributed by atoms with van der Waals surface area (Å²) in [5.41, 5.74) is 2.20. The molecule has 0 aliphatic carbocycles. The highest BCUT2D eigenvalue weighted by Crippen LogP contribution is 2.12. The van der Waals surface area contributed by atoms with Crippen molar-refractivity contribution >= 4 is 17.9 Å². The summed E-state index contributed by atoms with van der Waals surface area (Å²) < 4.78 is 2.86. The lowest BCUT2D eigenvalue weighted by Gasteiger charge is -2.07. The first-order valence-corrected chi connectivity index (χ1v) is 5.92. The Morgan fingerprint density at radius 1 is 1.31 bits per heavy atom. The van der Waals surface area contributed by atoms with Gasteiger partial charge in [0, 0.05) is 5.75 Å². The number of rotatable bonds is 5. The number of carbonyl (C=O) groups is 1. The second-order valence-electron chi connectivity index (χ2n) is 3.56. The van der Waals surface area contributed by atoms with Crippen LogP contribution in [0, 0.1) is 0 Å². The van der Waals surface area contributed by atoms with E-state index in [1.807, 2.05) is 30.3 Å². The van der Waals surface area contributed by atoms with Gasteiger partial charge in [0.05, 0.1) is 0 Å². The van der Waals surface area contributed by atoms with Crippen molar-refractivity contribution < 1.29 is 9.90 Å². The van der Waals surface area contributed by atoms with Crippen LogP contribution in [0.1, 0.15) is 19.4 Å². The molecule has 4 heteroatoms. The Labute approximate surface area is 99.7 Å². The molecule has 86 valence electrons. The summed E-state index contributed by atoms with van der Waals surface area (Å²) in [4.78, 5) is 10.8. The number of hydrogen-bond acceptors (Lipinski definition) is 3. The van der Waals surface area contributed by atoms with Crippen molar-refractivity contribution in [3.63, 3.8) is 0 Å². The van der Waals surface area contributed by atoms with E-state index in [4.69, 9.17) is 5.11 Å². The van der Waals surface area contributed by atoms with Gasteiger partial charge in [-0.1, -0.05) is 30.3 Å². The van der Waals surface area contributed by atoms with Crippen LogP contribution in [-0.2, 0) is 10.5 Å². The van der Waals surface area contributed by atoms with E-state index in [0.29, 0.717) is 0 Å². The van der Waals surface area contributed by atoms with E-state index in [-0.39, 0.29) is 5.70 Å². The molecule has 2 N–H and O–H groups in total. The van der Waals surface area contributed by atoms with Gasteiger partial charge in [-0.25, -0.2) is 4.79 Å². The van der Waals surface area contributed by atoms with Crippen LogP contribution in [0.4, 0.5) is 0 Å². The van der Waals surface area contributed by atoms with Gasteiger partial charge in [-0.2, -0.15) is 0 Å². The average molecular weight is 237 g/mol. The first-order valence-electron chi connectivity index (χ1n) is 4.93. The average Bonchev–Trinajstić information content (AvgIpc) is 2.24. The smallest absolute Gasteiger partial charge is 0.352 e. The van der Waals surface area contributed by atoms with Crippen LogP contribution in [0.3, 0.4) is 0 Å². The molecule has 0 radical (unpaired) electrons. The van der Waals surface area contributed by atoms with E-state index in [9.17, 15) is 4.79 Å². The molecule has 0 fully saturated rings. The molecule has 0 aliphatic heterocycles. The van der Waals surface area contributed by atoms with Gasteiger partial charge in [0.15, 0.2) is 0 Å². The minimum absolute atomic E-state index is 0.265. The summed E-state index contributed by atoms with van der Waals surface area (Å²) in [5, 5.41) is 8.91. The highest BCUT2D eigenvalue weighted by molar-refractivity contribution is 7.96. The molecule has 0 aromatic heterocycles. The van der Waals surface area contributed by atoms with Gasteiger partial charge in [0.25, 0.3) is 0 Å². The van der Waals surface area contributed by atoms with Gasteiger partial charge in [-0.15, -0.1) is 0 Å². The molecular formula is C12H15NO2S. The summed E-state index contributed by atoms with van der Waals surface area (Å²) in [5.74, 6) is -0.175. The van der Waals surface area contributed by atoms with E-state index in [2.05, 4.69) is 4.72 Å². The Morgan fingerprint density at radius 2 is 1.94 bits per heavy atom. The van der Waals surface area contributed by atoms with Gasteiger partial charge in [0.2, 0.25) is 0 Å². The topological polar surface area (TPSA) is 49.3 Å². The maximum absolute atomic E-state index is 10.8. The van der Waals surface area contributed by atoms with Crippen LogP contribution in [-0.4, -0.2) is 11.1 Å². The molecule has 16 heavy (non-hydrogen) atoms. The zero-order valence-corrected chi connectivity index (χ0v) is 10.2. The van der Waals surface area contributed by atoms with Crippen LogP contribution in [0.15, 0.2) is 41.6 Å². The van der Waals surface area contributed by atoms with Gasteiger partial charge in [0.1, 0.15) is 5.70 Å². The Morgan fingerprint density at radius 3 is 2.44 bits per heavy atom. The Balaban J connectivity index is 2.47. The third kappa shape index (κ3) is 3.98. The van der Waals surface area contributed by atoms with Gasteiger partial charge in [-0.3, -0.25) is 0 Å². The molecule has 1 aromatic carbocycles. The molecule has 1 aromatic rings. The number of nitrogens with one attached hydrogen (secondary N) is 1. The van der Waals surface area contributed by atoms with Crippen molar-refractivity contribution in [2.75, 3.05) is 0 Å². The highest BCUT2D eigenvalue weighted by Gasteiger charge is 2.08. The number of benzene rings is 1. The third-order valence-electron chi connectivity index (χ3n) is 1.97. The fourth-order valence-electron chi connectivity index (χ4n) is 1.13. The van der Waals surface area contributed by atoms with Crippen LogP contribution in [0.25, 0.3) is 0 Å². The number of carboxylic acids is 1. The van der Waals surface area contributed by atoms with Gasteiger partial charge in [-0.05, 0) is 36.9 Å². The molecule has 0 atom stereocenters. The van der Waals surface area contributed by atoms with Crippen LogP contribution >= 0.6 is 11.9 Å². The van der Waals surface area contributed by atoms with E-state index in [0.717, 1.165) is 11.3 Å². The molecule has 0 aliphatic rings. The van der Waals surface area contributed by atoms with Gasteiger partial charge >= 0.3 is 5.97 Å². The highest BCUT2D eigenvalue weighted by atomic mass is 32.2. The lowest BCUT2D eigenvalue weighted by Crippen LogP contribution is -2.15. The van der Waals surface area contributed by atoms with E-state index >= 15 is 0 Å². The van der Waals surface area contributed by atoms with Crippen molar-refractivity contribution in [3.8, 4) is 0 Å². The number of hydrogen-bond donors (Lipinski definition) is 2. The second-order valence-corrected chi connectivity index (χ2v) is 4.34. The summed E-state index contributed by atoms with van der Waals surface area (Å²) in [6.07, 6.45) is 0. The molecule has 0 amide bonds. The largest absolute Gasteiger partial charge is 0.477 e. The van der Waals surface area contributed by atoms with Gasteiger partial charge < -0.3 is 9.83 Å². The zero-order chi connectivity index (χ0) is 12.0. The van der Waals surface area contributed by atoms with Crippen molar-refractivity contribution in [1.82, 2.24) is 4.72 Å². The Kier molecular flexibility index (Phi) is 4.92. The lowest BCUT2D eigenvalue weighted by molar-refractivity contribution is -0.132. The van der Waals surface area contributed by atoms with E-state index in [1.54, 1.807) is 13.8 Å². The number of allylic oxidation sites excluding steroid dienone is 1. The molecule has 0 spiro atoms. The Bertz CT molecular complexity index is 383. The first-order chi connectivity index (χ1) is 7.61. The lowest BCUT2D eigenvalue weighted by atomic mass is 10.2. The summed E-state index contributed by atoms with van der Waals surface area (Å²) in [6, 6.07) is 9.92. The van der Waals surface area contributed by atoms with Crippen molar-refractivity contribution in [2.45, 2.75) is 19.6 Å². The molecule has 0 saturated heterocycles. The first kappa shape index (κ1) is 12.6. The number of aliphatic carboxylic acids is 1. The fourth-order valence-corrected chi connectivity index (χ4v) is 1.99. The standard InChI is InChI=1S/C12H15NO2S/c1-9(2)11(12(14)15)13-16-8-10-6-4-3-5-7-10/h3-7,13H,8H2,1-2H3,(H,14,15). The van der Waals surface area contributed by atoms with Crippen molar-refractivity contribution in [3.05, 3.63) is 47.2 Å². The monoisotopic (exact) mass is 237 g/mol. The normalized spacial score (nSPS) is 9.62. The zero-order valence-electron chi connectivity index (χ0n) is 9.36. The summed E-state index contributed by atoms with van der Waals surface area (Å²) >= 11 is 1.38. The number of carboxylic acid groups (broad SMARTS) is 1. The molecule has 3 nitrogen and oxygen atoms in total. The van der Waals surface area contributed by atoms with Crippen molar-refractivity contribution in [2.24, 2.45) is 0 Å². The maximum Gasteiger partial charge on any atom is 0.352 e. The predicted molar refractivity (Wildman–Crippen MR) is 66.9 cm³/mol. The van der Waals surface area contributed by atoms with Crippen LogP contribution in [0.2, 0.25) is 0 Å². The quantitative estimate of drug-likeness (QED) is 0.610. The molecule has 1 rings (SSSR count). The minimum atomic E-state index is -0.916. The predicted octanol–water partition coefficient (Wildman–Crippen LogP) is 2.80. The molecule has 0 unspecified atom stereocenters. The van der Waals surface area contributed by atoms with E-state index < -0.39 is 5.97 Å². The third-order valence-corrected chi connectivity index (χ3v) is 2.80. The summed E-state index contributed by atoms with van der Waals surface area (Å²) in [6.45, 7) is 3.55. The summed E-state index contributed by atoms with van der Waals surface area (Å²) in [7, 11) is 0. The molecule has 0 heterocycles. The SMILES string of the molecule is CC(C)=C(NSCc1ccccc1)C(=O)O. The van der Waals surface area contributed by atoms with Crippen LogP contribution in [0.5, 0.6) is 0 Å². The molecule has 0 saturated carbocycles.